The maximum absolute atomic E-state index is 11.9. The van der Waals surface area contributed by atoms with Crippen LogP contribution in [0, 0.1) is 0 Å². The highest BCUT2D eigenvalue weighted by molar-refractivity contribution is 5.91. The zero-order chi connectivity index (χ0) is 15.8. The molecule has 0 aromatic heterocycles. The maximum Gasteiger partial charge on any atom is 0.328 e. The van der Waals surface area contributed by atoms with Crippen molar-refractivity contribution in [2.75, 3.05) is 20.3 Å². The quantitative estimate of drug-likeness (QED) is 0.394. The summed E-state index contributed by atoms with van der Waals surface area (Å²) in [5, 5.41) is 4.72. The van der Waals surface area contributed by atoms with Gasteiger partial charge in [-0.05, 0) is 19.3 Å². The molecule has 1 fully saturated rings. The summed E-state index contributed by atoms with van der Waals surface area (Å²) < 4.78 is 9.89. The van der Waals surface area contributed by atoms with Gasteiger partial charge < -0.3 is 31.6 Å². The van der Waals surface area contributed by atoms with E-state index in [1.54, 1.807) is 0 Å². The van der Waals surface area contributed by atoms with Gasteiger partial charge in [-0.1, -0.05) is 0 Å². The van der Waals surface area contributed by atoms with Gasteiger partial charge in [0.25, 0.3) is 5.91 Å². The molecule has 21 heavy (non-hydrogen) atoms. The Labute approximate surface area is 122 Å². The first kappa shape index (κ1) is 17.3. The van der Waals surface area contributed by atoms with Crippen LogP contribution in [0.25, 0.3) is 0 Å². The van der Waals surface area contributed by atoms with Crippen LogP contribution in [0.5, 0.6) is 0 Å². The van der Waals surface area contributed by atoms with Gasteiger partial charge in [0.15, 0.2) is 6.17 Å². The Morgan fingerprint density at radius 2 is 1.95 bits per heavy atom. The summed E-state index contributed by atoms with van der Waals surface area (Å²) in [5.41, 5.74) is 11.2. The first-order chi connectivity index (χ1) is 9.95. The molecule has 9 heteroatoms. The molecule has 3 unspecified atom stereocenters. The molecule has 0 saturated carbocycles. The summed E-state index contributed by atoms with van der Waals surface area (Å²) in [4.78, 5) is 35.1. The Balaban J connectivity index is 2.75. The number of ether oxygens (including phenoxy) is 2. The second-order valence-corrected chi connectivity index (χ2v) is 4.75. The van der Waals surface area contributed by atoms with Crippen molar-refractivity contribution in [3.05, 3.63) is 0 Å². The van der Waals surface area contributed by atoms with Gasteiger partial charge in [0, 0.05) is 6.61 Å². The van der Waals surface area contributed by atoms with Crippen LogP contribution in [0.2, 0.25) is 0 Å². The summed E-state index contributed by atoms with van der Waals surface area (Å²) in [5.74, 6) is -1.83. The second kappa shape index (κ2) is 8.55. The predicted octanol–water partition coefficient (Wildman–Crippen LogP) is -2.43. The average Bonchev–Trinajstić information content (AvgIpc) is 2.47. The molecule has 1 aliphatic heterocycles. The van der Waals surface area contributed by atoms with Crippen molar-refractivity contribution >= 4 is 17.8 Å². The van der Waals surface area contributed by atoms with Gasteiger partial charge in [0.05, 0.1) is 13.7 Å². The molecule has 0 aromatic rings. The fraction of sp³-hybridized carbons (Fsp3) is 0.750. The summed E-state index contributed by atoms with van der Waals surface area (Å²) in [6, 6.07) is -1.71. The lowest BCUT2D eigenvalue weighted by molar-refractivity contribution is -0.145. The van der Waals surface area contributed by atoms with E-state index in [0.29, 0.717) is 25.9 Å². The lowest BCUT2D eigenvalue weighted by Crippen LogP contribution is -2.58. The van der Waals surface area contributed by atoms with Gasteiger partial charge in [-0.25, -0.2) is 4.79 Å². The summed E-state index contributed by atoms with van der Waals surface area (Å²) in [6.45, 7) is 0.454. The van der Waals surface area contributed by atoms with E-state index in [1.165, 1.54) is 7.11 Å². The Bertz CT molecular complexity index is 390. The highest BCUT2D eigenvalue weighted by atomic mass is 16.5. The molecule has 0 spiro atoms. The van der Waals surface area contributed by atoms with E-state index in [1.807, 2.05) is 0 Å². The van der Waals surface area contributed by atoms with E-state index in [0.717, 1.165) is 0 Å². The number of hydrogen-bond acceptors (Lipinski definition) is 7. The highest BCUT2D eigenvalue weighted by Gasteiger charge is 2.26. The van der Waals surface area contributed by atoms with Gasteiger partial charge in [-0.2, -0.15) is 0 Å². The second-order valence-electron chi connectivity index (χ2n) is 4.75. The minimum absolute atomic E-state index is 0.0423. The van der Waals surface area contributed by atoms with Crippen molar-refractivity contribution in [1.29, 1.82) is 0 Å². The van der Waals surface area contributed by atoms with Gasteiger partial charge in [0.1, 0.15) is 12.1 Å². The van der Waals surface area contributed by atoms with Crippen molar-refractivity contribution < 1.29 is 23.9 Å². The molecule has 6 N–H and O–H groups in total. The standard InChI is InChI=1S/C12H22N4O5/c1-20-12(19)8-4-2-3-5-21-6-7(13)10(17)16-9(14)11(18)15-8/h7-9H,2-6,13-14H2,1H3,(H,15,18)(H,16,17). The zero-order valence-corrected chi connectivity index (χ0v) is 12.0. The summed E-state index contributed by atoms with van der Waals surface area (Å²) >= 11 is 0. The number of hydrogen-bond donors (Lipinski definition) is 4. The van der Waals surface area contributed by atoms with E-state index in [4.69, 9.17) is 16.2 Å². The average molecular weight is 302 g/mol. The molecular formula is C12H22N4O5. The summed E-state index contributed by atoms with van der Waals surface area (Å²) in [6.07, 6.45) is 0.418. The third-order valence-electron chi connectivity index (χ3n) is 3.05. The van der Waals surface area contributed by atoms with Crippen molar-refractivity contribution in [3.8, 4) is 0 Å². The van der Waals surface area contributed by atoms with Crippen LogP contribution in [-0.2, 0) is 23.9 Å². The number of nitrogens with two attached hydrogens (primary N) is 2. The van der Waals surface area contributed by atoms with Crippen LogP contribution in [0.1, 0.15) is 19.3 Å². The molecule has 9 nitrogen and oxygen atoms in total. The number of esters is 1. The SMILES string of the molecule is COC(=O)C1CCCCOCC(N)C(=O)NC(N)C(=O)N1. The van der Waals surface area contributed by atoms with E-state index in [-0.39, 0.29) is 6.61 Å². The third-order valence-corrected chi connectivity index (χ3v) is 3.05. The van der Waals surface area contributed by atoms with E-state index in [9.17, 15) is 14.4 Å². The van der Waals surface area contributed by atoms with Gasteiger partial charge >= 0.3 is 5.97 Å². The number of carbonyl (C=O) groups excluding carboxylic acids is 3. The number of amides is 2. The summed E-state index contributed by atoms with van der Waals surface area (Å²) in [7, 11) is 1.24. The van der Waals surface area contributed by atoms with Crippen LogP contribution in [0.3, 0.4) is 0 Å². The monoisotopic (exact) mass is 302 g/mol. The molecule has 3 atom stereocenters. The van der Waals surface area contributed by atoms with Crippen LogP contribution in [-0.4, -0.2) is 56.4 Å². The van der Waals surface area contributed by atoms with E-state index in [2.05, 4.69) is 15.4 Å². The Morgan fingerprint density at radius 1 is 1.24 bits per heavy atom. The van der Waals surface area contributed by atoms with Crippen LogP contribution in [0.15, 0.2) is 0 Å². The first-order valence-electron chi connectivity index (χ1n) is 6.73. The molecule has 0 aromatic carbocycles. The normalized spacial score (nSPS) is 29.2. The molecule has 1 saturated heterocycles. The highest BCUT2D eigenvalue weighted by Crippen LogP contribution is 2.04. The lowest BCUT2D eigenvalue weighted by atomic mass is 10.1. The molecule has 0 aliphatic carbocycles. The molecule has 1 aliphatic rings. The largest absolute Gasteiger partial charge is 0.467 e. The Morgan fingerprint density at radius 3 is 2.62 bits per heavy atom. The maximum atomic E-state index is 11.9. The molecule has 1 rings (SSSR count). The van der Waals surface area contributed by atoms with E-state index >= 15 is 0 Å². The fourth-order valence-electron chi connectivity index (χ4n) is 1.82. The van der Waals surface area contributed by atoms with Crippen molar-refractivity contribution in [1.82, 2.24) is 10.6 Å². The number of nitrogens with one attached hydrogen (secondary N) is 2. The van der Waals surface area contributed by atoms with Gasteiger partial charge in [0.2, 0.25) is 5.91 Å². The Hall–Kier alpha value is -1.71. The molecule has 120 valence electrons. The van der Waals surface area contributed by atoms with Crippen molar-refractivity contribution in [2.24, 2.45) is 11.5 Å². The fourth-order valence-corrected chi connectivity index (χ4v) is 1.82. The number of rotatable bonds is 1. The minimum Gasteiger partial charge on any atom is -0.467 e. The van der Waals surface area contributed by atoms with Crippen molar-refractivity contribution in [2.45, 2.75) is 37.5 Å². The first-order valence-corrected chi connectivity index (χ1v) is 6.73. The number of methoxy groups -OCH3 is 1. The third kappa shape index (κ3) is 5.66. The molecular weight excluding hydrogens is 280 g/mol. The minimum atomic E-state index is -1.29. The van der Waals surface area contributed by atoms with E-state index < -0.39 is 36.0 Å². The molecule has 0 bridgehead atoms. The van der Waals surface area contributed by atoms with Crippen molar-refractivity contribution in [3.63, 3.8) is 0 Å². The molecule has 2 amide bonds. The topological polar surface area (TPSA) is 146 Å². The molecule has 1 heterocycles. The van der Waals surface area contributed by atoms with Gasteiger partial charge in [-0.3, -0.25) is 9.59 Å². The number of carbonyl (C=O) groups is 3. The Kier molecular flexibility index (Phi) is 7.06. The predicted molar refractivity (Wildman–Crippen MR) is 72.7 cm³/mol. The van der Waals surface area contributed by atoms with Gasteiger partial charge in [-0.15, -0.1) is 0 Å². The lowest BCUT2D eigenvalue weighted by Gasteiger charge is -2.20. The molecule has 0 radical (unpaired) electrons. The van der Waals surface area contributed by atoms with Crippen LogP contribution >= 0.6 is 0 Å². The van der Waals surface area contributed by atoms with Crippen LogP contribution in [0.4, 0.5) is 0 Å². The zero-order valence-electron chi connectivity index (χ0n) is 12.0. The smallest absolute Gasteiger partial charge is 0.328 e. The van der Waals surface area contributed by atoms with Crippen LogP contribution < -0.4 is 22.1 Å².